The lowest BCUT2D eigenvalue weighted by Crippen LogP contribution is -2.38. The summed E-state index contributed by atoms with van der Waals surface area (Å²) in [4.78, 5) is 12.4. The van der Waals surface area contributed by atoms with Crippen LogP contribution in [0.1, 0.15) is 36.0 Å². The lowest BCUT2D eigenvalue weighted by molar-refractivity contribution is 0.0917. The Hall–Kier alpha value is -1.42. The summed E-state index contributed by atoms with van der Waals surface area (Å²) in [5, 5.41) is 3.33. The second-order valence-electron chi connectivity index (χ2n) is 5.25. The smallest absolute Gasteiger partial charge is 0.255 e. The Labute approximate surface area is 123 Å². The van der Waals surface area contributed by atoms with Crippen LogP contribution in [0.5, 0.6) is 11.5 Å². The fourth-order valence-electron chi connectivity index (χ4n) is 2.71. The number of alkyl halides is 1. The van der Waals surface area contributed by atoms with Crippen molar-refractivity contribution in [1.29, 1.82) is 0 Å². The molecule has 1 amide bonds. The Morgan fingerprint density at radius 1 is 1.15 bits per heavy atom. The van der Waals surface area contributed by atoms with Crippen molar-refractivity contribution in [3.8, 4) is 11.5 Å². The molecule has 0 radical (unpaired) electrons. The number of nitrogens with one attached hydrogen (secondary N) is 1. The monoisotopic (exact) mass is 295 g/mol. The molecule has 1 heterocycles. The van der Waals surface area contributed by atoms with Gasteiger partial charge in [0.15, 0.2) is 11.5 Å². The van der Waals surface area contributed by atoms with Crippen LogP contribution in [-0.2, 0) is 0 Å². The highest BCUT2D eigenvalue weighted by molar-refractivity contribution is 6.20. The SMILES string of the molecule is O=C(NC1CCC(Cl)CC1)c1cccc2c1OCCO2. The van der Waals surface area contributed by atoms with E-state index in [-0.39, 0.29) is 17.3 Å². The van der Waals surface area contributed by atoms with E-state index in [9.17, 15) is 4.79 Å². The number of carbonyl (C=O) groups excluding carboxylic acids is 1. The van der Waals surface area contributed by atoms with Gasteiger partial charge in [0.1, 0.15) is 13.2 Å². The first kappa shape index (κ1) is 13.6. The number of ether oxygens (including phenoxy) is 2. The molecule has 1 N–H and O–H groups in total. The molecule has 0 aromatic heterocycles. The molecule has 1 aliphatic carbocycles. The van der Waals surface area contributed by atoms with Gasteiger partial charge in [-0.1, -0.05) is 6.07 Å². The summed E-state index contributed by atoms with van der Waals surface area (Å²) in [5.74, 6) is 1.11. The van der Waals surface area contributed by atoms with Crippen LogP contribution in [0.2, 0.25) is 0 Å². The summed E-state index contributed by atoms with van der Waals surface area (Å²) in [6.45, 7) is 1.01. The van der Waals surface area contributed by atoms with Gasteiger partial charge < -0.3 is 14.8 Å². The first-order valence-electron chi connectivity index (χ1n) is 7.07. The lowest BCUT2D eigenvalue weighted by Gasteiger charge is -2.26. The van der Waals surface area contributed by atoms with Gasteiger partial charge in [-0.25, -0.2) is 0 Å². The van der Waals surface area contributed by atoms with Crippen molar-refractivity contribution in [2.45, 2.75) is 37.1 Å². The number of rotatable bonds is 2. The molecule has 1 aromatic rings. The van der Waals surface area contributed by atoms with E-state index in [1.807, 2.05) is 12.1 Å². The van der Waals surface area contributed by atoms with Crippen molar-refractivity contribution >= 4 is 17.5 Å². The molecule has 1 saturated carbocycles. The molecule has 4 nitrogen and oxygen atoms in total. The van der Waals surface area contributed by atoms with Crippen LogP contribution in [-0.4, -0.2) is 30.5 Å². The van der Waals surface area contributed by atoms with Gasteiger partial charge in [-0.2, -0.15) is 0 Å². The third kappa shape index (κ3) is 2.85. The van der Waals surface area contributed by atoms with Crippen molar-refractivity contribution in [2.24, 2.45) is 0 Å². The Bertz CT molecular complexity index is 498. The molecule has 5 heteroatoms. The average Bonchev–Trinajstić information content (AvgIpc) is 2.49. The number of hydrogen-bond acceptors (Lipinski definition) is 3. The molecule has 0 saturated heterocycles. The van der Waals surface area contributed by atoms with E-state index in [0.717, 1.165) is 25.7 Å². The molecule has 0 unspecified atom stereocenters. The molecule has 2 aliphatic rings. The molecular weight excluding hydrogens is 278 g/mol. The predicted molar refractivity (Wildman–Crippen MR) is 76.8 cm³/mol. The van der Waals surface area contributed by atoms with E-state index < -0.39 is 0 Å². The van der Waals surface area contributed by atoms with Crippen molar-refractivity contribution in [3.05, 3.63) is 23.8 Å². The van der Waals surface area contributed by atoms with Crippen LogP contribution in [0.15, 0.2) is 18.2 Å². The summed E-state index contributed by atoms with van der Waals surface area (Å²) >= 11 is 6.08. The maximum atomic E-state index is 12.4. The van der Waals surface area contributed by atoms with Crippen molar-refractivity contribution in [1.82, 2.24) is 5.32 Å². The standard InChI is InChI=1S/C15H18ClNO3/c16-10-4-6-11(7-5-10)17-15(18)12-2-1-3-13-14(12)20-9-8-19-13/h1-3,10-11H,4-9H2,(H,17,18). The largest absolute Gasteiger partial charge is 0.486 e. The Morgan fingerprint density at radius 2 is 1.90 bits per heavy atom. The summed E-state index contributed by atoms with van der Waals surface area (Å²) in [7, 11) is 0. The number of hydrogen-bond donors (Lipinski definition) is 1. The predicted octanol–water partition coefficient (Wildman–Crippen LogP) is 2.74. The molecule has 1 aromatic carbocycles. The summed E-state index contributed by atoms with van der Waals surface area (Å²) in [6.07, 6.45) is 3.79. The molecule has 0 atom stereocenters. The second kappa shape index (κ2) is 5.92. The topological polar surface area (TPSA) is 47.6 Å². The molecule has 20 heavy (non-hydrogen) atoms. The maximum Gasteiger partial charge on any atom is 0.255 e. The average molecular weight is 296 g/mol. The molecular formula is C15H18ClNO3. The molecule has 1 aliphatic heterocycles. The molecule has 1 fully saturated rings. The normalized spacial score (nSPS) is 25.1. The van der Waals surface area contributed by atoms with Crippen LogP contribution in [0.3, 0.4) is 0 Å². The van der Waals surface area contributed by atoms with Crippen LogP contribution in [0.4, 0.5) is 0 Å². The number of benzene rings is 1. The van der Waals surface area contributed by atoms with Gasteiger partial charge in [0.05, 0.1) is 5.56 Å². The zero-order valence-corrected chi connectivity index (χ0v) is 12.0. The zero-order chi connectivity index (χ0) is 13.9. The molecule has 0 spiro atoms. The van der Waals surface area contributed by atoms with E-state index in [2.05, 4.69) is 5.32 Å². The molecule has 3 rings (SSSR count). The lowest BCUT2D eigenvalue weighted by atomic mass is 9.95. The number of halogens is 1. The maximum absolute atomic E-state index is 12.4. The minimum absolute atomic E-state index is 0.0922. The Balaban J connectivity index is 1.71. The minimum atomic E-state index is -0.0922. The van der Waals surface area contributed by atoms with E-state index >= 15 is 0 Å². The Morgan fingerprint density at radius 3 is 2.70 bits per heavy atom. The van der Waals surface area contributed by atoms with Crippen LogP contribution >= 0.6 is 11.6 Å². The van der Waals surface area contributed by atoms with E-state index in [1.165, 1.54) is 0 Å². The highest BCUT2D eigenvalue weighted by Crippen LogP contribution is 2.33. The van der Waals surface area contributed by atoms with E-state index in [1.54, 1.807) is 6.07 Å². The van der Waals surface area contributed by atoms with Gasteiger partial charge in [0, 0.05) is 11.4 Å². The van der Waals surface area contributed by atoms with Gasteiger partial charge in [-0.3, -0.25) is 4.79 Å². The third-order valence-corrected chi connectivity index (χ3v) is 4.24. The number of amides is 1. The van der Waals surface area contributed by atoms with Crippen LogP contribution < -0.4 is 14.8 Å². The van der Waals surface area contributed by atoms with Gasteiger partial charge in [0.2, 0.25) is 0 Å². The summed E-state index contributed by atoms with van der Waals surface area (Å²) in [5.41, 5.74) is 0.551. The number of carbonyl (C=O) groups is 1. The second-order valence-corrected chi connectivity index (χ2v) is 5.87. The quantitative estimate of drug-likeness (QED) is 0.854. The van der Waals surface area contributed by atoms with Gasteiger partial charge in [-0.15, -0.1) is 11.6 Å². The highest BCUT2D eigenvalue weighted by atomic mass is 35.5. The Kier molecular flexibility index (Phi) is 4.01. The third-order valence-electron chi connectivity index (χ3n) is 3.80. The zero-order valence-electron chi connectivity index (χ0n) is 11.2. The molecule has 0 bridgehead atoms. The van der Waals surface area contributed by atoms with Crippen molar-refractivity contribution in [3.63, 3.8) is 0 Å². The van der Waals surface area contributed by atoms with E-state index in [4.69, 9.17) is 21.1 Å². The van der Waals surface area contributed by atoms with Crippen LogP contribution in [0.25, 0.3) is 0 Å². The fraction of sp³-hybridized carbons (Fsp3) is 0.533. The van der Waals surface area contributed by atoms with Crippen LogP contribution in [0, 0.1) is 0 Å². The van der Waals surface area contributed by atoms with Gasteiger partial charge in [0.25, 0.3) is 5.91 Å². The first-order valence-corrected chi connectivity index (χ1v) is 7.51. The summed E-state index contributed by atoms with van der Waals surface area (Å²) in [6, 6.07) is 5.62. The molecule has 108 valence electrons. The van der Waals surface area contributed by atoms with Gasteiger partial charge in [-0.05, 0) is 37.8 Å². The number of para-hydroxylation sites is 1. The fourth-order valence-corrected chi connectivity index (χ4v) is 2.96. The first-order chi connectivity index (χ1) is 9.74. The number of fused-ring (bicyclic) bond motifs is 1. The minimum Gasteiger partial charge on any atom is -0.486 e. The highest BCUT2D eigenvalue weighted by Gasteiger charge is 2.24. The van der Waals surface area contributed by atoms with E-state index in [0.29, 0.717) is 30.3 Å². The summed E-state index contributed by atoms with van der Waals surface area (Å²) < 4.78 is 11.1. The van der Waals surface area contributed by atoms with Gasteiger partial charge >= 0.3 is 0 Å². The van der Waals surface area contributed by atoms with Crippen molar-refractivity contribution in [2.75, 3.05) is 13.2 Å². The van der Waals surface area contributed by atoms with Crippen molar-refractivity contribution < 1.29 is 14.3 Å².